The number of carbonyl (C=O) groups excluding carboxylic acids is 1. The minimum Gasteiger partial charge on any atom is -0.349 e. The van der Waals surface area contributed by atoms with Crippen LogP contribution >= 0.6 is 22.7 Å². The first-order valence-corrected chi connectivity index (χ1v) is 9.20. The monoisotopic (exact) mass is 338 g/mol. The van der Waals surface area contributed by atoms with Gasteiger partial charge in [0.25, 0.3) is 5.91 Å². The van der Waals surface area contributed by atoms with Crippen LogP contribution in [-0.4, -0.2) is 35.4 Å². The van der Waals surface area contributed by atoms with Gasteiger partial charge in [0, 0.05) is 18.5 Å². The van der Waals surface area contributed by atoms with E-state index in [0.717, 1.165) is 18.1 Å². The van der Waals surface area contributed by atoms with E-state index in [2.05, 4.69) is 45.9 Å². The first-order chi connectivity index (χ1) is 10.7. The maximum Gasteiger partial charge on any atom is 0.270 e. The highest BCUT2D eigenvalue weighted by Gasteiger charge is 2.20. The van der Waals surface area contributed by atoms with Crippen LogP contribution in [0.5, 0.6) is 0 Å². The van der Waals surface area contributed by atoms with Gasteiger partial charge in [-0.1, -0.05) is 13.8 Å². The molecule has 0 fully saturated rings. The second kappa shape index (κ2) is 8.38. The summed E-state index contributed by atoms with van der Waals surface area (Å²) < 4.78 is 0. The summed E-state index contributed by atoms with van der Waals surface area (Å²) >= 11 is 3.10. The number of rotatable bonds is 8. The van der Waals surface area contributed by atoms with Crippen LogP contribution in [-0.2, 0) is 6.54 Å². The van der Waals surface area contributed by atoms with E-state index in [9.17, 15) is 4.79 Å². The zero-order valence-electron chi connectivity index (χ0n) is 12.9. The van der Waals surface area contributed by atoms with Crippen molar-refractivity contribution in [3.05, 3.63) is 38.5 Å². The number of aromatic nitrogens is 1. The Morgan fingerprint density at radius 3 is 2.73 bits per heavy atom. The van der Waals surface area contributed by atoms with Crippen molar-refractivity contribution in [1.29, 1.82) is 0 Å². The van der Waals surface area contributed by atoms with Gasteiger partial charge in [-0.3, -0.25) is 9.69 Å². The highest BCUT2D eigenvalue weighted by atomic mass is 32.1. The number of nitrogens with zero attached hydrogens (tertiary/aromatic N) is 2. The molecule has 2 aromatic heterocycles. The molecular weight excluding hydrogens is 316 g/mol. The second-order valence-corrected chi connectivity index (χ2v) is 6.56. The molecule has 0 aromatic carbocycles. The van der Waals surface area contributed by atoms with Crippen molar-refractivity contribution >= 4 is 28.6 Å². The summed E-state index contributed by atoms with van der Waals surface area (Å²) in [6.45, 7) is 7.11. The van der Waals surface area contributed by atoms with Crippen molar-refractivity contribution in [2.24, 2.45) is 5.73 Å². The Morgan fingerprint density at radius 2 is 2.18 bits per heavy atom. The van der Waals surface area contributed by atoms with Crippen molar-refractivity contribution in [1.82, 2.24) is 15.2 Å². The molecule has 5 nitrogen and oxygen atoms in total. The number of carbonyl (C=O) groups is 1. The fourth-order valence-corrected chi connectivity index (χ4v) is 3.74. The Bertz CT molecular complexity index is 578. The summed E-state index contributed by atoms with van der Waals surface area (Å²) in [6.07, 6.45) is 0. The van der Waals surface area contributed by atoms with Crippen molar-refractivity contribution in [3.63, 3.8) is 0 Å². The first-order valence-electron chi connectivity index (χ1n) is 7.38. The van der Waals surface area contributed by atoms with Crippen LogP contribution in [0.25, 0.3) is 0 Å². The molecule has 0 aliphatic heterocycles. The molecule has 0 aliphatic rings. The molecule has 2 heterocycles. The molecule has 3 N–H and O–H groups in total. The van der Waals surface area contributed by atoms with Gasteiger partial charge in [0.05, 0.1) is 6.04 Å². The predicted octanol–water partition coefficient (Wildman–Crippen LogP) is 2.48. The maximum atomic E-state index is 12.2. The van der Waals surface area contributed by atoms with E-state index in [4.69, 9.17) is 5.73 Å². The van der Waals surface area contributed by atoms with Crippen LogP contribution in [0.4, 0.5) is 0 Å². The quantitative estimate of drug-likeness (QED) is 0.776. The van der Waals surface area contributed by atoms with E-state index in [0.29, 0.717) is 18.8 Å². The molecule has 1 unspecified atom stereocenters. The standard InChI is InChI=1S/C15H22N4OS2/c1-3-19(4-2)13(11-5-6-21-9-11)8-17-15(20)12-10-22-14(7-16)18-12/h5-6,9-10,13H,3-4,7-8,16H2,1-2H3,(H,17,20). The lowest BCUT2D eigenvalue weighted by Crippen LogP contribution is -2.38. The van der Waals surface area contributed by atoms with Crippen LogP contribution in [0.2, 0.25) is 0 Å². The number of hydrogen-bond acceptors (Lipinski definition) is 6. The number of thiazole rings is 1. The molecule has 0 aliphatic carbocycles. The third-order valence-corrected chi connectivity index (χ3v) is 5.17. The summed E-state index contributed by atoms with van der Waals surface area (Å²) in [5.74, 6) is -0.136. The number of amides is 1. The van der Waals surface area contributed by atoms with Gasteiger partial charge in [-0.25, -0.2) is 4.98 Å². The van der Waals surface area contributed by atoms with Gasteiger partial charge >= 0.3 is 0 Å². The molecule has 2 rings (SSSR count). The fraction of sp³-hybridized carbons (Fsp3) is 0.467. The van der Waals surface area contributed by atoms with Gasteiger partial charge in [0.2, 0.25) is 0 Å². The van der Waals surface area contributed by atoms with Gasteiger partial charge in [0.15, 0.2) is 0 Å². The number of thiophene rings is 1. The third-order valence-electron chi connectivity index (χ3n) is 3.60. The minimum absolute atomic E-state index is 0.136. The zero-order chi connectivity index (χ0) is 15.9. The van der Waals surface area contributed by atoms with Gasteiger partial charge < -0.3 is 11.1 Å². The van der Waals surface area contributed by atoms with Crippen LogP contribution < -0.4 is 11.1 Å². The largest absolute Gasteiger partial charge is 0.349 e. The summed E-state index contributed by atoms with van der Waals surface area (Å²) in [4.78, 5) is 18.8. The van der Waals surface area contributed by atoms with Crippen molar-refractivity contribution in [3.8, 4) is 0 Å². The molecule has 0 saturated heterocycles. The Kier molecular flexibility index (Phi) is 6.50. The van der Waals surface area contributed by atoms with Crippen LogP contribution in [0, 0.1) is 0 Å². The Balaban J connectivity index is 2.03. The van der Waals surface area contributed by atoms with Crippen molar-refractivity contribution in [2.45, 2.75) is 26.4 Å². The lowest BCUT2D eigenvalue weighted by atomic mass is 10.1. The molecule has 1 atom stereocenters. The van der Waals surface area contributed by atoms with Gasteiger partial charge in [-0.15, -0.1) is 11.3 Å². The lowest BCUT2D eigenvalue weighted by molar-refractivity contribution is 0.0930. The van der Waals surface area contributed by atoms with E-state index in [1.807, 2.05) is 0 Å². The topological polar surface area (TPSA) is 71.2 Å². The summed E-state index contributed by atoms with van der Waals surface area (Å²) in [5, 5.41) is 9.75. The average molecular weight is 339 g/mol. The van der Waals surface area contributed by atoms with E-state index >= 15 is 0 Å². The zero-order valence-corrected chi connectivity index (χ0v) is 14.5. The van der Waals surface area contributed by atoms with E-state index in [-0.39, 0.29) is 11.9 Å². The molecular formula is C15H22N4OS2. The smallest absolute Gasteiger partial charge is 0.270 e. The van der Waals surface area contributed by atoms with Gasteiger partial charge in [-0.05, 0) is 35.5 Å². The molecule has 2 aromatic rings. The molecule has 0 spiro atoms. The molecule has 1 amide bonds. The van der Waals surface area contributed by atoms with Gasteiger partial charge in [-0.2, -0.15) is 11.3 Å². The van der Waals surface area contributed by atoms with E-state index in [1.165, 1.54) is 16.9 Å². The Hall–Kier alpha value is -1.28. The molecule has 0 radical (unpaired) electrons. The fourth-order valence-electron chi connectivity index (χ4n) is 2.38. The van der Waals surface area contributed by atoms with Crippen molar-refractivity contribution < 1.29 is 4.79 Å². The highest BCUT2D eigenvalue weighted by molar-refractivity contribution is 7.09. The molecule has 120 valence electrons. The molecule has 0 saturated carbocycles. The number of hydrogen-bond donors (Lipinski definition) is 2. The normalized spacial score (nSPS) is 12.5. The summed E-state index contributed by atoms with van der Waals surface area (Å²) in [7, 11) is 0. The van der Waals surface area contributed by atoms with Crippen LogP contribution in [0.1, 0.15) is 40.9 Å². The van der Waals surface area contributed by atoms with Gasteiger partial charge in [0.1, 0.15) is 10.7 Å². The number of likely N-dealkylation sites (N-methyl/N-ethyl adjacent to an activating group) is 1. The number of nitrogens with two attached hydrogens (primary N) is 1. The Labute approximate surface area is 139 Å². The minimum atomic E-state index is -0.136. The molecule has 22 heavy (non-hydrogen) atoms. The third kappa shape index (κ3) is 4.13. The predicted molar refractivity (Wildman–Crippen MR) is 92.3 cm³/mol. The first kappa shape index (κ1) is 17.1. The lowest BCUT2D eigenvalue weighted by Gasteiger charge is -2.29. The maximum absolute atomic E-state index is 12.2. The van der Waals surface area contributed by atoms with E-state index in [1.54, 1.807) is 16.7 Å². The van der Waals surface area contributed by atoms with E-state index < -0.39 is 0 Å². The summed E-state index contributed by atoms with van der Waals surface area (Å²) in [6, 6.07) is 2.31. The SMILES string of the molecule is CCN(CC)C(CNC(=O)c1csc(CN)n1)c1ccsc1. The summed E-state index contributed by atoms with van der Waals surface area (Å²) in [5.41, 5.74) is 7.23. The molecule has 0 bridgehead atoms. The number of nitrogens with one attached hydrogen (secondary N) is 1. The highest BCUT2D eigenvalue weighted by Crippen LogP contribution is 2.22. The molecule has 7 heteroatoms. The van der Waals surface area contributed by atoms with Crippen molar-refractivity contribution in [2.75, 3.05) is 19.6 Å². The van der Waals surface area contributed by atoms with Crippen LogP contribution in [0.3, 0.4) is 0 Å². The Morgan fingerprint density at radius 1 is 1.41 bits per heavy atom. The second-order valence-electron chi connectivity index (χ2n) is 4.83. The van der Waals surface area contributed by atoms with Crippen LogP contribution in [0.15, 0.2) is 22.2 Å². The average Bonchev–Trinajstić information content (AvgIpc) is 3.22.